The molecule has 0 radical (unpaired) electrons. The van der Waals surface area contributed by atoms with E-state index < -0.39 is 5.60 Å². The van der Waals surface area contributed by atoms with Crippen LogP contribution < -0.4 is 0 Å². The second kappa shape index (κ2) is 6.38. The highest BCUT2D eigenvalue weighted by Gasteiger charge is 2.41. The second-order valence-electron chi connectivity index (χ2n) is 6.33. The minimum atomic E-state index is -0.618. The molecule has 3 rings (SSSR count). The van der Waals surface area contributed by atoms with Gasteiger partial charge in [-0.2, -0.15) is 0 Å². The fourth-order valence-corrected chi connectivity index (χ4v) is 3.31. The van der Waals surface area contributed by atoms with E-state index in [-0.39, 0.29) is 11.6 Å². The molecule has 0 aromatic heterocycles. The topological polar surface area (TPSA) is 12.5 Å². The van der Waals surface area contributed by atoms with Crippen LogP contribution >= 0.6 is 0 Å². The van der Waals surface area contributed by atoms with Gasteiger partial charge in [-0.25, -0.2) is 8.78 Å². The quantitative estimate of drug-likeness (QED) is 0.824. The molecule has 0 saturated carbocycles. The van der Waals surface area contributed by atoms with E-state index in [1.165, 1.54) is 24.3 Å². The third-order valence-electron chi connectivity index (χ3n) is 4.42. The first-order valence-electron chi connectivity index (χ1n) is 7.85. The van der Waals surface area contributed by atoms with E-state index in [2.05, 4.69) is 4.90 Å². The Balaban J connectivity index is 2.00. The molecule has 1 unspecified atom stereocenters. The highest BCUT2D eigenvalue weighted by atomic mass is 19.1. The molecule has 0 aliphatic carbocycles. The van der Waals surface area contributed by atoms with Crippen molar-refractivity contribution in [3.8, 4) is 0 Å². The third-order valence-corrected chi connectivity index (χ3v) is 4.42. The summed E-state index contributed by atoms with van der Waals surface area (Å²) in [4.78, 5) is 2.12. The summed E-state index contributed by atoms with van der Waals surface area (Å²) in [5.74, 6) is -0.523. The number of hydrogen-bond acceptors (Lipinski definition) is 2. The summed E-state index contributed by atoms with van der Waals surface area (Å²) < 4.78 is 33.0. The number of halogens is 2. The molecular weight excluding hydrogens is 296 g/mol. The normalized spacial score (nSPS) is 20.0. The number of rotatable bonds is 5. The molecule has 0 N–H and O–H groups in total. The SMILES string of the molecule is CN(C)CCCC1(c2ccc(F)cc2)OCc2cc(F)ccc21. The molecule has 0 bridgehead atoms. The first-order chi connectivity index (χ1) is 11.0. The average molecular weight is 317 g/mol. The van der Waals surface area contributed by atoms with Gasteiger partial charge in [0.2, 0.25) is 0 Å². The largest absolute Gasteiger partial charge is 0.361 e. The molecule has 2 nitrogen and oxygen atoms in total. The lowest BCUT2D eigenvalue weighted by atomic mass is 9.82. The molecule has 122 valence electrons. The predicted octanol–water partition coefficient (Wildman–Crippen LogP) is 4.08. The van der Waals surface area contributed by atoms with Crippen molar-refractivity contribution >= 4 is 0 Å². The Morgan fingerprint density at radius 2 is 1.74 bits per heavy atom. The minimum absolute atomic E-state index is 0.254. The van der Waals surface area contributed by atoms with Gasteiger partial charge in [0.25, 0.3) is 0 Å². The van der Waals surface area contributed by atoms with E-state index >= 15 is 0 Å². The van der Waals surface area contributed by atoms with Crippen molar-refractivity contribution in [1.29, 1.82) is 0 Å². The molecule has 1 atom stereocenters. The molecule has 4 heteroatoms. The van der Waals surface area contributed by atoms with Crippen molar-refractivity contribution < 1.29 is 13.5 Å². The van der Waals surface area contributed by atoms with Gasteiger partial charge < -0.3 is 9.64 Å². The zero-order valence-electron chi connectivity index (χ0n) is 13.5. The van der Waals surface area contributed by atoms with Crippen molar-refractivity contribution in [2.75, 3.05) is 20.6 Å². The lowest BCUT2D eigenvalue weighted by Crippen LogP contribution is -2.28. The lowest BCUT2D eigenvalue weighted by Gasteiger charge is -2.31. The Hall–Kier alpha value is -1.78. The highest BCUT2D eigenvalue weighted by Crippen LogP contribution is 2.45. The fourth-order valence-electron chi connectivity index (χ4n) is 3.31. The summed E-state index contributed by atoms with van der Waals surface area (Å²) in [7, 11) is 4.06. The molecular formula is C19H21F2NO. The molecule has 0 saturated heterocycles. The first-order valence-corrected chi connectivity index (χ1v) is 7.85. The van der Waals surface area contributed by atoms with Gasteiger partial charge in [-0.3, -0.25) is 0 Å². The molecule has 0 spiro atoms. The second-order valence-corrected chi connectivity index (χ2v) is 6.33. The van der Waals surface area contributed by atoms with Crippen molar-refractivity contribution in [1.82, 2.24) is 4.90 Å². The summed E-state index contributed by atoms with van der Waals surface area (Å²) in [6, 6.07) is 11.2. The Labute approximate surface area is 135 Å². The van der Waals surface area contributed by atoms with Crippen molar-refractivity contribution in [3.05, 3.63) is 70.8 Å². The van der Waals surface area contributed by atoms with E-state index in [4.69, 9.17) is 4.74 Å². The van der Waals surface area contributed by atoms with Gasteiger partial charge >= 0.3 is 0 Å². The van der Waals surface area contributed by atoms with E-state index in [0.29, 0.717) is 6.61 Å². The van der Waals surface area contributed by atoms with Gasteiger partial charge in [-0.05, 0) is 74.4 Å². The van der Waals surface area contributed by atoms with E-state index in [1.54, 1.807) is 18.2 Å². The molecule has 2 aromatic carbocycles. The van der Waals surface area contributed by atoms with E-state index in [9.17, 15) is 8.78 Å². The van der Waals surface area contributed by atoms with Crippen LogP contribution in [0.25, 0.3) is 0 Å². The van der Waals surface area contributed by atoms with Crippen molar-refractivity contribution in [2.45, 2.75) is 25.0 Å². The molecule has 1 aliphatic heterocycles. The number of hydrogen-bond donors (Lipinski definition) is 0. The van der Waals surface area contributed by atoms with Crippen LogP contribution in [-0.2, 0) is 16.9 Å². The summed E-state index contributed by atoms with van der Waals surface area (Å²) >= 11 is 0. The number of nitrogens with zero attached hydrogens (tertiary/aromatic N) is 1. The van der Waals surface area contributed by atoms with E-state index in [0.717, 1.165) is 36.1 Å². The van der Waals surface area contributed by atoms with Crippen LogP contribution in [-0.4, -0.2) is 25.5 Å². The monoisotopic (exact) mass is 317 g/mol. The average Bonchev–Trinajstić information content (AvgIpc) is 2.87. The maximum absolute atomic E-state index is 13.5. The third kappa shape index (κ3) is 3.14. The minimum Gasteiger partial charge on any atom is -0.361 e. The summed E-state index contributed by atoms with van der Waals surface area (Å²) in [6.07, 6.45) is 1.70. The van der Waals surface area contributed by atoms with Crippen LogP contribution in [0.3, 0.4) is 0 Å². The zero-order chi connectivity index (χ0) is 16.4. The highest BCUT2D eigenvalue weighted by molar-refractivity contribution is 5.44. The van der Waals surface area contributed by atoms with Crippen LogP contribution in [0, 0.1) is 11.6 Å². The van der Waals surface area contributed by atoms with Gasteiger partial charge in [-0.1, -0.05) is 18.2 Å². The molecule has 1 aliphatic rings. The number of benzene rings is 2. The maximum Gasteiger partial charge on any atom is 0.123 e. The lowest BCUT2D eigenvalue weighted by molar-refractivity contribution is -0.0140. The van der Waals surface area contributed by atoms with Gasteiger partial charge in [-0.15, -0.1) is 0 Å². The first kappa shape index (κ1) is 16.1. The van der Waals surface area contributed by atoms with Crippen LogP contribution in [0.15, 0.2) is 42.5 Å². The summed E-state index contributed by atoms with van der Waals surface area (Å²) in [5.41, 5.74) is 2.17. The zero-order valence-corrected chi connectivity index (χ0v) is 13.5. The van der Waals surface area contributed by atoms with Crippen LogP contribution in [0.5, 0.6) is 0 Å². The standard InChI is InChI=1S/C19H21F2NO/c1-22(2)11-3-10-19(15-4-6-16(20)7-5-15)18-9-8-17(21)12-14(18)13-23-19/h4-9,12H,3,10-11,13H2,1-2H3. The molecule has 0 fully saturated rings. The van der Waals surface area contributed by atoms with Crippen LogP contribution in [0.1, 0.15) is 29.5 Å². The summed E-state index contributed by atoms with van der Waals surface area (Å²) in [6.45, 7) is 1.31. The molecule has 1 heterocycles. The Bertz CT molecular complexity index is 684. The maximum atomic E-state index is 13.5. The molecule has 23 heavy (non-hydrogen) atoms. The van der Waals surface area contributed by atoms with Crippen molar-refractivity contribution in [2.24, 2.45) is 0 Å². The predicted molar refractivity (Wildman–Crippen MR) is 86.2 cm³/mol. The smallest absolute Gasteiger partial charge is 0.123 e. The van der Waals surface area contributed by atoms with E-state index in [1.807, 2.05) is 14.1 Å². The summed E-state index contributed by atoms with van der Waals surface area (Å²) in [5, 5.41) is 0. The number of ether oxygens (including phenoxy) is 1. The van der Waals surface area contributed by atoms with Crippen molar-refractivity contribution in [3.63, 3.8) is 0 Å². The molecule has 0 amide bonds. The van der Waals surface area contributed by atoms with Crippen LogP contribution in [0.2, 0.25) is 0 Å². The van der Waals surface area contributed by atoms with Gasteiger partial charge in [0.15, 0.2) is 0 Å². The molecule has 2 aromatic rings. The van der Waals surface area contributed by atoms with Gasteiger partial charge in [0.1, 0.15) is 17.2 Å². The van der Waals surface area contributed by atoms with Crippen LogP contribution in [0.4, 0.5) is 8.78 Å². The number of fused-ring (bicyclic) bond motifs is 1. The Morgan fingerprint density at radius 1 is 1.04 bits per heavy atom. The Morgan fingerprint density at radius 3 is 2.43 bits per heavy atom. The van der Waals surface area contributed by atoms with Gasteiger partial charge in [0, 0.05) is 0 Å². The Kier molecular flexibility index (Phi) is 4.46. The fraction of sp³-hybridized carbons (Fsp3) is 0.368. The van der Waals surface area contributed by atoms with Gasteiger partial charge in [0.05, 0.1) is 6.61 Å².